The van der Waals surface area contributed by atoms with E-state index in [0.29, 0.717) is 18.6 Å². The minimum absolute atomic E-state index is 0.105. The van der Waals surface area contributed by atoms with Crippen LogP contribution in [0.25, 0.3) is 0 Å². The third-order valence-electron chi connectivity index (χ3n) is 5.23. The first kappa shape index (κ1) is 20.2. The highest BCUT2D eigenvalue weighted by Gasteiger charge is 2.45. The molecule has 2 aliphatic rings. The summed E-state index contributed by atoms with van der Waals surface area (Å²) in [4.78, 5) is 30.7. The standard InChI is InChI=1S/C22H26INO3/c1-5-10-27-21(26)18-13(2)24-16-11-22(3,4)12-17(25)20(16)19(18)14-6-8-15(23)9-7-14/h6-9,18-19H,5,10-12H2,1-4H3/t18?,19-/m0/s1. The molecule has 1 heterocycles. The van der Waals surface area contributed by atoms with Crippen LogP contribution in [0.2, 0.25) is 0 Å². The van der Waals surface area contributed by atoms with Gasteiger partial charge in [-0.25, -0.2) is 0 Å². The third-order valence-corrected chi connectivity index (χ3v) is 5.95. The number of Topliss-reactive ketones (excluding diaryl/α,β-unsaturated/α-hetero) is 1. The summed E-state index contributed by atoms with van der Waals surface area (Å²) < 4.78 is 6.60. The molecule has 0 saturated carbocycles. The van der Waals surface area contributed by atoms with Crippen LogP contribution in [0.3, 0.4) is 0 Å². The molecule has 27 heavy (non-hydrogen) atoms. The molecule has 4 nitrogen and oxygen atoms in total. The van der Waals surface area contributed by atoms with Gasteiger partial charge in [0, 0.05) is 32.9 Å². The van der Waals surface area contributed by atoms with Crippen molar-refractivity contribution < 1.29 is 14.3 Å². The van der Waals surface area contributed by atoms with E-state index in [2.05, 4.69) is 36.4 Å². The van der Waals surface area contributed by atoms with Crippen LogP contribution in [0.1, 0.15) is 58.4 Å². The lowest BCUT2D eigenvalue weighted by molar-refractivity contribution is -0.146. The molecule has 144 valence electrons. The Labute approximate surface area is 174 Å². The van der Waals surface area contributed by atoms with E-state index in [-0.39, 0.29) is 23.1 Å². The van der Waals surface area contributed by atoms with Crippen molar-refractivity contribution in [1.82, 2.24) is 0 Å². The fourth-order valence-corrected chi connectivity index (χ4v) is 4.43. The molecule has 0 saturated heterocycles. The molecule has 0 fully saturated rings. The molecule has 0 N–H and O–H groups in total. The molecule has 3 rings (SSSR count). The lowest BCUT2D eigenvalue weighted by atomic mass is 9.67. The normalized spacial score (nSPS) is 24.3. The Balaban J connectivity index is 2.12. The first-order chi connectivity index (χ1) is 12.7. The van der Waals surface area contributed by atoms with Gasteiger partial charge in [0.1, 0.15) is 5.92 Å². The average Bonchev–Trinajstić information content (AvgIpc) is 2.58. The van der Waals surface area contributed by atoms with E-state index in [9.17, 15) is 9.59 Å². The van der Waals surface area contributed by atoms with E-state index in [1.54, 1.807) is 0 Å². The zero-order valence-corrected chi connectivity index (χ0v) is 18.5. The molecule has 5 heteroatoms. The lowest BCUT2D eigenvalue weighted by Gasteiger charge is -2.39. The van der Waals surface area contributed by atoms with Crippen LogP contribution in [0.15, 0.2) is 40.5 Å². The number of aliphatic imine (C=N–C) groups is 1. The maximum Gasteiger partial charge on any atom is 0.315 e. The van der Waals surface area contributed by atoms with Crippen molar-refractivity contribution in [2.75, 3.05) is 6.61 Å². The molecule has 0 radical (unpaired) electrons. The smallest absolute Gasteiger partial charge is 0.315 e. The molecule has 1 aliphatic heterocycles. The van der Waals surface area contributed by atoms with Crippen LogP contribution >= 0.6 is 22.6 Å². The van der Waals surface area contributed by atoms with E-state index in [4.69, 9.17) is 9.73 Å². The number of hydrogen-bond acceptors (Lipinski definition) is 4. The second kappa shape index (κ2) is 7.86. The van der Waals surface area contributed by atoms with Gasteiger partial charge in [-0.1, -0.05) is 32.9 Å². The summed E-state index contributed by atoms with van der Waals surface area (Å²) in [6, 6.07) is 8.07. The highest BCUT2D eigenvalue weighted by Crippen LogP contribution is 2.47. The zero-order chi connectivity index (χ0) is 19.8. The topological polar surface area (TPSA) is 55.7 Å². The largest absolute Gasteiger partial charge is 0.465 e. The van der Waals surface area contributed by atoms with Crippen LogP contribution in [0, 0.1) is 14.9 Å². The number of hydrogen-bond donors (Lipinski definition) is 0. The fourth-order valence-electron chi connectivity index (χ4n) is 4.07. The highest BCUT2D eigenvalue weighted by atomic mass is 127. The number of benzene rings is 1. The van der Waals surface area contributed by atoms with Crippen molar-refractivity contribution in [3.05, 3.63) is 44.7 Å². The van der Waals surface area contributed by atoms with E-state index >= 15 is 0 Å². The Kier molecular flexibility index (Phi) is 5.89. The molecular weight excluding hydrogens is 453 g/mol. The van der Waals surface area contributed by atoms with Gasteiger partial charge >= 0.3 is 5.97 Å². The number of carbonyl (C=O) groups is 2. The Bertz CT molecular complexity index is 820. The maximum atomic E-state index is 13.1. The summed E-state index contributed by atoms with van der Waals surface area (Å²) in [6.07, 6.45) is 2.00. The molecule has 0 aromatic heterocycles. The van der Waals surface area contributed by atoms with Crippen LogP contribution < -0.4 is 0 Å². The van der Waals surface area contributed by atoms with Gasteiger partial charge < -0.3 is 4.74 Å². The summed E-state index contributed by atoms with van der Waals surface area (Å²) in [6.45, 7) is 8.43. The Hall–Kier alpha value is -1.50. The monoisotopic (exact) mass is 479 g/mol. The number of nitrogens with zero attached hydrogens (tertiary/aromatic N) is 1. The van der Waals surface area contributed by atoms with Crippen molar-refractivity contribution >= 4 is 40.1 Å². The summed E-state index contributed by atoms with van der Waals surface area (Å²) in [5, 5.41) is 0. The van der Waals surface area contributed by atoms with Crippen molar-refractivity contribution in [2.45, 2.75) is 52.9 Å². The van der Waals surface area contributed by atoms with Crippen molar-refractivity contribution in [1.29, 1.82) is 0 Å². The molecule has 1 aromatic rings. The number of ketones is 1. The third kappa shape index (κ3) is 4.18. The molecule has 1 aliphatic carbocycles. The number of esters is 1. The van der Waals surface area contributed by atoms with Gasteiger partial charge in [0.25, 0.3) is 0 Å². The van der Waals surface area contributed by atoms with Gasteiger partial charge in [0.2, 0.25) is 0 Å². The number of ether oxygens (including phenoxy) is 1. The minimum atomic E-state index is -0.541. The van der Waals surface area contributed by atoms with Crippen molar-refractivity contribution in [3.8, 4) is 0 Å². The molecule has 1 unspecified atom stereocenters. The van der Waals surface area contributed by atoms with Gasteiger partial charge in [0.15, 0.2) is 5.78 Å². The molecular formula is C22H26INO3. The molecule has 0 amide bonds. The molecule has 1 aromatic carbocycles. The van der Waals surface area contributed by atoms with Crippen molar-refractivity contribution in [3.63, 3.8) is 0 Å². The van der Waals surface area contributed by atoms with Crippen molar-refractivity contribution in [2.24, 2.45) is 16.3 Å². The Morgan fingerprint density at radius 3 is 2.56 bits per heavy atom. The van der Waals surface area contributed by atoms with Crippen LogP contribution in [0.5, 0.6) is 0 Å². The number of allylic oxidation sites excluding steroid dienone is 2. The predicted octanol–water partition coefficient (Wildman–Crippen LogP) is 5.06. The van der Waals surface area contributed by atoms with E-state index in [1.807, 2.05) is 38.1 Å². The fraction of sp³-hybridized carbons (Fsp3) is 0.500. The summed E-state index contributed by atoms with van der Waals surface area (Å²) in [5.74, 6) is -1.04. The van der Waals surface area contributed by atoms with Crippen LogP contribution in [0.4, 0.5) is 0 Å². The van der Waals surface area contributed by atoms with E-state index < -0.39 is 5.92 Å². The number of carbonyl (C=O) groups excluding carboxylic acids is 2. The first-order valence-corrected chi connectivity index (χ1v) is 10.5. The van der Waals surface area contributed by atoms with Crippen LogP contribution in [-0.4, -0.2) is 24.1 Å². The van der Waals surface area contributed by atoms with Gasteiger partial charge in [-0.05, 0) is 65.5 Å². The predicted molar refractivity (Wildman–Crippen MR) is 115 cm³/mol. The second-order valence-electron chi connectivity index (χ2n) is 8.23. The quantitative estimate of drug-likeness (QED) is 0.448. The molecule has 2 atom stereocenters. The minimum Gasteiger partial charge on any atom is -0.465 e. The first-order valence-electron chi connectivity index (χ1n) is 9.47. The molecule has 0 spiro atoms. The summed E-state index contributed by atoms with van der Waals surface area (Å²) in [5.41, 5.74) is 3.16. The summed E-state index contributed by atoms with van der Waals surface area (Å²) in [7, 11) is 0. The van der Waals surface area contributed by atoms with Gasteiger partial charge in [-0.2, -0.15) is 0 Å². The van der Waals surface area contributed by atoms with E-state index in [1.165, 1.54) is 0 Å². The van der Waals surface area contributed by atoms with E-state index in [0.717, 1.165) is 33.4 Å². The van der Waals surface area contributed by atoms with Gasteiger partial charge in [-0.3, -0.25) is 14.6 Å². The SMILES string of the molecule is CCCOC(=O)C1C(C)=NC2=C(C(=O)CC(C)(C)C2)[C@H]1c1ccc(I)cc1. The number of rotatable bonds is 4. The Morgan fingerprint density at radius 1 is 1.26 bits per heavy atom. The van der Waals surface area contributed by atoms with Crippen LogP contribution in [-0.2, 0) is 14.3 Å². The number of halogens is 1. The van der Waals surface area contributed by atoms with Gasteiger partial charge in [0.05, 0.1) is 6.61 Å². The lowest BCUT2D eigenvalue weighted by Crippen LogP contribution is -2.39. The maximum absolute atomic E-state index is 13.1. The average molecular weight is 479 g/mol. The second-order valence-corrected chi connectivity index (χ2v) is 9.47. The van der Waals surface area contributed by atoms with Gasteiger partial charge in [-0.15, -0.1) is 0 Å². The zero-order valence-electron chi connectivity index (χ0n) is 16.3. The molecule has 0 bridgehead atoms. The highest BCUT2D eigenvalue weighted by molar-refractivity contribution is 14.1. The Morgan fingerprint density at radius 2 is 1.93 bits per heavy atom. The summed E-state index contributed by atoms with van der Waals surface area (Å²) >= 11 is 2.26.